The number of fused-ring (bicyclic) bond motifs is 1. The van der Waals surface area contributed by atoms with Gasteiger partial charge in [-0.15, -0.1) is 0 Å². The molecule has 0 atom stereocenters. The molecule has 1 heterocycles. The highest BCUT2D eigenvalue weighted by Crippen LogP contribution is 2.25. The molecule has 6 nitrogen and oxygen atoms in total. The van der Waals surface area contributed by atoms with Crippen LogP contribution in [0.5, 0.6) is 5.75 Å². The first-order valence-corrected chi connectivity index (χ1v) is 11.9. The topological polar surface area (TPSA) is 76.1 Å². The zero-order valence-corrected chi connectivity index (χ0v) is 19.3. The summed E-state index contributed by atoms with van der Waals surface area (Å²) in [5.74, 6) is 1.67. The average Bonchev–Trinajstić information content (AvgIpc) is 2.85. The second-order valence-corrected chi connectivity index (χ2v) is 8.27. The van der Waals surface area contributed by atoms with Gasteiger partial charge in [-0.2, -0.15) is 0 Å². The minimum Gasteiger partial charge on any atom is -0.494 e. The van der Waals surface area contributed by atoms with Gasteiger partial charge >= 0.3 is 0 Å². The molecule has 0 aliphatic rings. The number of benzene rings is 3. The van der Waals surface area contributed by atoms with Crippen LogP contribution in [0.15, 0.2) is 84.0 Å². The zero-order chi connectivity index (χ0) is 22.9. The molecule has 168 valence electrons. The van der Waals surface area contributed by atoms with E-state index < -0.39 is 0 Å². The Morgan fingerprint density at radius 2 is 1.70 bits per heavy atom. The van der Waals surface area contributed by atoms with Gasteiger partial charge in [-0.3, -0.25) is 4.79 Å². The van der Waals surface area contributed by atoms with Gasteiger partial charge in [-0.05, 0) is 55.3 Å². The summed E-state index contributed by atoms with van der Waals surface area (Å²) in [6, 6.07) is 25.6. The van der Waals surface area contributed by atoms with E-state index in [4.69, 9.17) is 4.74 Å². The number of ether oxygens (including phenoxy) is 1. The van der Waals surface area contributed by atoms with Gasteiger partial charge in [0.2, 0.25) is 5.91 Å². The minimum atomic E-state index is -0.112. The van der Waals surface area contributed by atoms with Gasteiger partial charge in [0, 0.05) is 17.6 Å². The first-order valence-electron chi connectivity index (χ1n) is 10.9. The van der Waals surface area contributed by atoms with Crippen LogP contribution < -0.4 is 15.4 Å². The normalized spacial score (nSPS) is 10.7. The van der Waals surface area contributed by atoms with Gasteiger partial charge in [0.1, 0.15) is 11.6 Å². The molecule has 0 saturated carbocycles. The van der Waals surface area contributed by atoms with E-state index >= 15 is 0 Å². The Hall–Kier alpha value is -3.58. The molecule has 0 radical (unpaired) electrons. The SMILES string of the molecule is CCOc1ccc(NC(=O)CSc2nc(NCCc3ccccc3)c3ccccc3n2)cc1. The number of amides is 1. The van der Waals surface area contributed by atoms with Crippen molar-refractivity contribution in [2.75, 3.05) is 29.5 Å². The number of rotatable bonds is 10. The Morgan fingerprint density at radius 1 is 0.939 bits per heavy atom. The third-order valence-corrected chi connectivity index (χ3v) is 5.76. The van der Waals surface area contributed by atoms with Crippen LogP contribution in [0.3, 0.4) is 0 Å². The number of thioether (sulfide) groups is 1. The Labute approximate surface area is 197 Å². The maximum absolute atomic E-state index is 12.4. The predicted octanol–water partition coefficient (Wildman–Crippen LogP) is 5.41. The molecular formula is C26H26N4O2S. The van der Waals surface area contributed by atoms with Crippen LogP contribution in [0.4, 0.5) is 11.5 Å². The van der Waals surface area contributed by atoms with E-state index in [2.05, 4.69) is 32.7 Å². The highest BCUT2D eigenvalue weighted by atomic mass is 32.2. The minimum absolute atomic E-state index is 0.112. The van der Waals surface area contributed by atoms with Crippen LogP contribution in [0.25, 0.3) is 10.9 Å². The van der Waals surface area contributed by atoms with Crippen LogP contribution in [0.2, 0.25) is 0 Å². The number of anilines is 2. The van der Waals surface area contributed by atoms with Gasteiger partial charge in [0.15, 0.2) is 5.16 Å². The molecule has 0 aliphatic heterocycles. The van der Waals surface area contributed by atoms with Gasteiger partial charge in [0.25, 0.3) is 0 Å². The maximum Gasteiger partial charge on any atom is 0.234 e. The molecule has 7 heteroatoms. The summed E-state index contributed by atoms with van der Waals surface area (Å²) in [6.07, 6.45) is 0.895. The summed E-state index contributed by atoms with van der Waals surface area (Å²) in [4.78, 5) is 21.8. The Kier molecular flexibility index (Phi) is 7.76. The lowest BCUT2D eigenvalue weighted by Crippen LogP contribution is -2.14. The zero-order valence-electron chi connectivity index (χ0n) is 18.5. The first-order chi connectivity index (χ1) is 16.2. The van der Waals surface area contributed by atoms with Crippen LogP contribution in [0, 0.1) is 0 Å². The number of para-hydroxylation sites is 1. The van der Waals surface area contributed by atoms with Crippen LogP contribution >= 0.6 is 11.8 Å². The Morgan fingerprint density at radius 3 is 2.48 bits per heavy atom. The van der Waals surface area contributed by atoms with Crippen molar-refractivity contribution >= 4 is 40.1 Å². The summed E-state index contributed by atoms with van der Waals surface area (Å²) in [5, 5.41) is 7.88. The fraction of sp³-hybridized carbons (Fsp3) is 0.192. The fourth-order valence-corrected chi connectivity index (χ4v) is 4.00. The number of hydrogen-bond donors (Lipinski definition) is 2. The van der Waals surface area contributed by atoms with E-state index in [0.717, 1.165) is 41.1 Å². The summed E-state index contributed by atoms with van der Waals surface area (Å²) >= 11 is 1.32. The van der Waals surface area contributed by atoms with E-state index in [-0.39, 0.29) is 11.7 Å². The second kappa shape index (κ2) is 11.3. The number of nitrogens with zero attached hydrogens (tertiary/aromatic N) is 2. The maximum atomic E-state index is 12.4. The number of hydrogen-bond acceptors (Lipinski definition) is 6. The second-order valence-electron chi connectivity index (χ2n) is 7.33. The molecule has 0 unspecified atom stereocenters. The fourth-order valence-electron chi connectivity index (χ4n) is 3.35. The van der Waals surface area contributed by atoms with Crippen LogP contribution in [0.1, 0.15) is 12.5 Å². The highest BCUT2D eigenvalue weighted by molar-refractivity contribution is 7.99. The van der Waals surface area contributed by atoms with Crippen molar-refractivity contribution in [2.45, 2.75) is 18.5 Å². The quantitative estimate of drug-likeness (QED) is 0.244. The lowest BCUT2D eigenvalue weighted by molar-refractivity contribution is -0.113. The molecule has 4 aromatic rings. The Bertz CT molecular complexity index is 1200. The first kappa shape index (κ1) is 22.6. The van der Waals surface area contributed by atoms with E-state index in [1.807, 2.05) is 73.7 Å². The number of carbonyl (C=O) groups is 1. The largest absolute Gasteiger partial charge is 0.494 e. The molecule has 0 bridgehead atoms. The smallest absolute Gasteiger partial charge is 0.234 e. The van der Waals surface area contributed by atoms with Crippen molar-refractivity contribution in [1.82, 2.24) is 9.97 Å². The molecule has 0 spiro atoms. The number of carbonyl (C=O) groups excluding carboxylic acids is 1. The molecule has 1 amide bonds. The van der Waals surface area contributed by atoms with Gasteiger partial charge < -0.3 is 15.4 Å². The summed E-state index contributed by atoms with van der Waals surface area (Å²) in [7, 11) is 0. The predicted molar refractivity (Wildman–Crippen MR) is 135 cm³/mol. The summed E-state index contributed by atoms with van der Waals surface area (Å²) in [6.45, 7) is 3.30. The number of aromatic nitrogens is 2. The molecule has 1 aromatic heterocycles. The summed E-state index contributed by atoms with van der Waals surface area (Å²) < 4.78 is 5.43. The van der Waals surface area contributed by atoms with Crippen molar-refractivity contribution in [2.24, 2.45) is 0 Å². The van der Waals surface area contributed by atoms with E-state index in [9.17, 15) is 4.79 Å². The molecule has 2 N–H and O–H groups in total. The highest BCUT2D eigenvalue weighted by Gasteiger charge is 2.10. The van der Waals surface area contributed by atoms with Gasteiger partial charge in [0.05, 0.1) is 17.9 Å². The van der Waals surface area contributed by atoms with Crippen LogP contribution in [-0.2, 0) is 11.2 Å². The third kappa shape index (κ3) is 6.46. The lowest BCUT2D eigenvalue weighted by atomic mass is 10.1. The van der Waals surface area contributed by atoms with Crippen molar-refractivity contribution in [3.8, 4) is 5.75 Å². The number of nitrogens with one attached hydrogen (secondary N) is 2. The molecule has 0 fully saturated rings. The van der Waals surface area contributed by atoms with Crippen LogP contribution in [-0.4, -0.2) is 34.8 Å². The standard InChI is InChI=1S/C26H26N4O2S/c1-2-32-21-14-12-20(13-15-21)28-24(31)18-33-26-29-23-11-7-6-10-22(23)25(30-26)27-17-16-19-8-4-3-5-9-19/h3-15H,2,16-18H2,1H3,(H,28,31)(H,27,29,30). The molecule has 4 rings (SSSR count). The third-order valence-electron chi connectivity index (χ3n) is 4.91. The van der Waals surface area contributed by atoms with E-state index in [1.54, 1.807) is 0 Å². The van der Waals surface area contributed by atoms with Crippen molar-refractivity contribution in [1.29, 1.82) is 0 Å². The lowest BCUT2D eigenvalue weighted by Gasteiger charge is -2.11. The molecule has 0 aliphatic carbocycles. The average molecular weight is 459 g/mol. The van der Waals surface area contributed by atoms with E-state index in [1.165, 1.54) is 17.3 Å². The molecule has 0 saturated heterocycles. The van der Waals surface area contributed by atoms with Crippen molar-refractivity contribution < 1.29 is 9.53 Å². The van der Waals surface area contributed by atoms with Gasteiger partial charge in [-0.25, -0.2) is 9.97 Å². The van der Waals surface area contributed by atoms with Crippen molar-refractivity contribution in [3.05, 3.63) is 84.4 Å². The monoisotopic (exact) mass is 458 g/mol. The molecule has 3 aromatic carbocycles. The van der Waals surface area contributed by atoms with Crippen molar-refractivity contribution in [3.63, 3.8) is 0 Å². The Balaban J connectivity index is 1.39. The van der Waals surface area contributed by atoms with E-state index in [0.29, 0.717) is 11.8 Å². The molecular weight excluding hydrogens is 432 g/mol. The summed E-state index contributed by atoms with van der Waals surface area (Å²) in [5.41, 5.74) is 2.85. The molecule has 33 heavy (non-hydrogen) atoms. The van der Waals surface area contributed by atoms with Gasteiger partial charge in [-0.1, -0.05) is 54.2 Å².